The van der Waals surface area contributed by atoms with Gasteiger partial charge in [-0.1, -0.05) is 13.8 Å². The van der Waals surface area contributed by atoms with Crippen molar-refractivity contribution in [3.63, 3.8) is 0 Å². The third-order valence-corrected chi connectivity index (χ3v) is 6.77. The lowest BCUT2D eigenvalue weighted by Crippen LogP contribution is -2.44. The molecular formula is C25H32N8O. The number of nitrogens with one attached hydrogen (secondary N) is 2. The molecule has 1 aromatic carbocycles. The van der Waals surface area contributed by atoms with E-state index in [0.717, 1.165) is 37.4 Å². The number of hydrogen-bond acceptors (Lipinski definition) is 7. The number of fused-ring (bicyclic) bond motifs is 3. The van der Waals surface area contributed by atoms with E-state index in [2.05, 4.69) is 49.7 Å². The molecule has 1 amide bonds. The molecule has 178 valence electrons. The maximum Gasteiger partial charge on any atom is 0.271 e. The van der Waals surface area contributed by atoms with Gasteiger partial charge in [0.15, 0.2) is 5.69 Å². The van der Waals surface area contributed by atoms with Gasteiger partial charge in [0.05, 0.1) is 11.4 Å². The first-order valence-electron chi connectivity index (χ1n) is 13.0. The zero-order chi connectivity index (χ0) is 26.5. The monoisotopic (exact) mass is 463 g/mol. The number of aromatic nitrogens is 4. The number of anilines is 3. The van der Waals surface area contributed by atoms with Gasteiger partial charge >= 0.3 is 0 Å². The van der Waals surface area contributed by atoms with Crippen LogP contribution in [0.2, 0.25) is 0 Å². The molecule has 9 nitrogen and oxygen atoms in total. The van der Waals surface area contributed by atoms with Crippen LogP contribution >= 0.6 is 0 Å². The Bertz CT molecular complexity index is 1320. The molecule has 0 saturated carbocycles. The third-order valence-electron chi connectivity index (χ3n) is 6.77. The Morgan fingerprint density at radius 2 is 1.85 bits per heavy atom. The van der Waals surface area contributed by atoms with E-state index in [9.17, 15) is 4.79 Å². The topological polar surface area (TPSA) is 91.2 Å². The summed E-state index contributed by atoms with van der Waals surface area (Å²) >= 11 is 0. The van der Waals surface area contributed by atoms with Gasteiger partial charge in [0.2, 0.25) is 5.95 Å². The molecule has 2 N–H and O–H groups in total. The number of hydrogen-bond donors (Lipinski definition) is 2. The third kappa shape index (κ3) is 3.90. The van der Waals surface area contributed by atoms with Crippen LogP contribution in [-0.4, -0.2) is 70.8 Å². The van der Waals surface area contributed by atoms with Crippen LogP contribution in [0.25, 0.3) is 11.4 Å². The van der Waals surface area contributed by atoms with Crippen LogP contribution in [-0.2, 0) is 18.9 Å². The van der Waals surface area contributed by atoms with Gasteiger partial charge in [-0.15, -0.1) is 0 Å². The second kappa shape index (κ2) is 8.39. The first kappa shape index (κ1) is 18.9. The Morgan fingerprint density at radius 1 is 1.12 bits per heavy atom. The molecule has 0 unspecified atom stereocenters. The Labute approximate surface area is 204 Å². The van der Waals surface area contributed by atoms with Crippen LogP contribution in [0.1, 0.15) is 39.6 Å². The van der Waals surface area contributed by atoms with Crippen molar-refractivity contribution in [1.29, 1.82) is 0 Å². The number of aryl methyl sites for hydroxylation is 1. The molecule has 2 aliphatic rings. The highest BCUT2D eigenvalue weighted by molar-refractivity contribution is 5.96. The number of rotatable bonds is 4. The van der Waals surface area contributed by atoms with Gasteiger partial charge in [-0.3, -0.25) is 9.48 Å². The van der Waals surface area contributed by atoms with E-state index in [4.69, 9.17) is 9.10 Å². The van der Waals surface area contributed by atoms with E-state index in [1.54, 1.807) is 11.7 Å². The zero-order valence-corrected chi connectivity index (χ0v) is 20.0. The largest absolute Gasteiger partial charge is 0.369 e. The summed E-state index contributed by atoms with van der Waals surface area (Å²) in [6, 6.07) is 8.24. The van der Waals surface area contributed by atoms with Crippen LogP contribution in [0.15, 0.2) is 30.5 Å². The Morgan fingerprint density at radius 3 is 2.56 bits per heavy atom. The molecule has 0 bridgehead atoms. The minimum Gasteiger partial charge on any atom is -0.369 e. The van der Waals surface area contributed by atoms with E-state index in [1.807, 2.05) is 32.2 Å². The smallest absolute Gasteiger partial charge is 0.271 e. The molecule has 5 rings (SSSR count). The van der Waals surface area contributed by atoms with Crippen LogP contribution in [0.4, 0.5) is 17.3 Å². The average molecular weight is 464 g/mol. The number of amides is 1. The van der Waals surface area contributed by atoms with E-state index in [-0.39, 0.29) is 5.69 Å². The zero-order valence-electron chi connectivity index (χ0n) is 23.0. The first-order valence-corrected chi connectivity index (χ1v) is 11.5. The molecule has 0 atom stereocenters. The highest BCUT2D eigenvalue weighted by Gasteiger charge is 2.39. The molecule has 9 heteroatoms. The summed E-state index contributed by atoms with van der Waals surface area (Å²) in [5.41, 5.74) is 4.71. The number of piperazine rings is 1. The molecule has 0 spiro atoms. The summed E-state index contributed by atoms with van der Waals surface area (Å²) in [6.45, 7) is 5.54. The van der Waals surface area contributed by atoms with Gasteiger partial charge in [0.1, 0.15) is 0 Å². The van der Waals surface area contributed by atoms with Gasteiger partial charge < -0.3 is 20.4 Å². The van der Waals surface area contributed by atoms with Crippen LogP contribution in [0.5, 0.6) is 0 Å². The molecule has 1 saturated heterocycles. The lowest BCUT2D eigenvalue weighted by atomic mass is 9.73. The van der Waals surface area contributed by atoms with Crippen molar-refractivity contribution in [3.8, 4) is 11.4 Å². The van der Waals surface area contributed by atoms with Crippen molar-refractivity contribution in [3.05, 3.63) is 47.3 Å². The predicted molar refractivity (Wildman–Crippen MR) is 134 cm³/mol. The Balaban J connectivity index is 1.43. The Kier molecular flexibility index (Phi) is 4.67. The summed E-state index contributed by atoms with van der Waals surface area (Å²) < 4.78 is 23.9. The van der Waals surface area contributed by atoms with Gasteiger partial charge in [-0.25, -0.2) is 9.97 Å². The fourth-order valence-electron chi connectivity index (χ4n) is 4.97. The molecule has 0 radical (unpaired) electrons. The fraction of sp³-hybridized carbons (Fsp3) is 0.440. The minimum absolute atomic E-state index is 0.108. The number of carbonyl (C=O) groups excluding carboxylic acids is 1. The maximum atomic E-state index is 12.8. The van der Waals surface area contributed by atoms with E-state index in [0.29, 0.717) is 29.3 Å². The van der Waals surface area contributed by atoms with Crippen molar-refractivity contribution in [2.24, 2.45) is 7.05 Å². The standard InChI is InChI=1S/C25H32N8O/c1-25(2)14-16-15-27-24(29-20(16)22-19(25)21(23(34)26-3)30-32(22)5)28-17-6-8-18(9-7-17)33-12-10-31(4)11-13-33/h6-9,15H,10-14H2,1-5H3,(H,26,34)(H,27,28,29)/i3D3. The number of carbonyl (C=O) groups is 1. The van der Waals surface area contributed by atoms with Gasteiger partial charge in [0, 0.05) is 67.4 Å². The summed E-state index contributed by atoms with van der Waals surface area (Å²) in [7, 11) is 3.88. The SMILES string of the molecule is [2H]C([2H])([2H])NC(=O)c1nn(C)c2c1C(C)(C)Cc1cnc(Nc3ccc(N4CCN(C)CC4)cc3)nc1-2. The van der Waals surface area contributed by atoms with Gasteiger partial charge in [-0.05, 0) is 48.7 Å². The number of likely N-dealkylation sites (N-methyl/N-ethyl adjacent to an activating group) is 1. The van der Waals surface area contributed by atoms with Crippen molar-refractivity contribution in [1.82, 2.24) is 30.0 Å². The quantitative estimate of drug-likeness (QED) is 0.614. The number of benzene rings is 1. The molecular weight excluding hydrogens is 428 g/mol. The van der Waals surface area contributed by atoms with Crippen LogP contribution in [0, 0.1) is 0 Å². The highest BCUT2D eigenvalue weighted by atomic mass is 16.1. The van der Waals surface area contributed by atoms with Crippen molar-refractivity contribution in [2.45, 2.75) is 25.7 Å². The number of nitrogens with zero attached hydrogens (tertiary/aromatic N) is 6. The maximum absolute atomic E-state index is 12.8. The molecule has 3 aromatic rings. The van der Waals surface area contributed by atoms with Crippen molar-refractivity contribution in [2.75, 3.05) is 50.4 Å². The predicted octanol–water partition coefficient (Wildman–Crippen LogP) is 2.57. The summed E-state index contributed by atoms with van der Waals surface area (Å²) in [5.74, 6) is -0.285. The van der Waals surface area contributed by atoms with E-state index >= 15 is 0 Å². The lowest BCUT2D eigenvalue weighted by molar-refractivity contribution is 0.0955. The lowest BCUT2D eigenvalue weighted by Gasteiger charge is -2.34. The second-order valence-electron chi connectivity index (χ2n) is 9.74. The van der Waals surface area contributed by atoms with Gasteiger partial charge in [-0.2, -0.15) is 5.10 Å². The summed E-state index contributed by atoms with van der Waals surface area (Å²) in [5, 5.41) is 9.77. The Hall–Kier alpha value is -3.46. The van der Waals surface area contributed by atoms with Crippen molar-refractivity contribution >= 4 is 23.2 Å². The van der Waals surface area contributed by atoms with Crippen molar-refractivity contribution < 1.29 is 8.91 Å². The van der Waals surface area contributed by atoms with Gasteiger partial charge in [0.25, 0.3) is 5.91 Å². The average Bonchev–Trinajstić information content (AvgIpc) is 3.18. The molecule has 3 heterocycles. The molecule has 1 aliphatic heterocycles. The molecule has 2 aromatic heterocycles. The summed E-state index contributed by atoms with van der Waals surface area (Å²) in [6.07, 6.45) is 2.40. The second-order valence-corrected chi connectivity index (χ2v) is 9.74. The summed E-state index contributed by atoms with van der Waals surface area (Å²) in [4.78, 5) is 26.9. The molecule has 1 fully saturated rings. The minimum atomic E-state index is -2.60. The molecule has 34 heavy (non-hydrogen) atoms. The molecule has 1 aliphatic carbocycles. The highest BCUT2D eigenvalue weighted by Crippen LogP contribution is 2.43. The van der Waals surface area contributed by atoms with E-state index < -0.39 is 18.3 Å². The normalized spacial score (nSPS) is 18.8. The van der Waals surface area contributed by atoms with E-state index in [1.165, 1.54) is 5.69 Å². The van der Waals surface area contributed by atoms with Crippen LogP contribution < -0.4 is 15.5 Å². The van der Waals surface area contributed by atoms with Crippen LogP contribution in [0.3, 0.4) is 0 Å². The fourth-order valence-corrected chi connectivity index (χ4v) is 4.97. The first-order chi connectivity index (χ1) is 17.4.